The second-order valence-corrected chi connectivity index (χ2v) is 9.18. The Morgan fingerprint density at radius 2 is 1.29 bits per heavy atom. The van der Waals surface area contributed by atoms with Gasteiger partial charge in [-0.05, 0) is 67.8 Å². The molecule has 17 heavy (non-hydrogen) atoms. The van der Waals surface area contributed by atoms with Gasteiger partial charge in [0.2, 0.25) is 0 Å². The number of hydrogen-bond donors (Lipinski definition) is 0. The van der Waals surface area contributed by atoms with Gasteiger partial charge in [-0.2, -0.15) is 0 Å². The fourth-order valence-corrected chi connectivity index (χ4v) is 5.32. The van der Waals surface area contributed by atoms with Gasteiger partial charge in [-0.25, -0.2) is 0 Å². The standard InChI is InChI=1S/C8H19N2.2C2H6N.Al/c1-8(2)9-6-5-7-10(3)4;2*1-3-2;/h8H,5-7H2,1-4H3;2*1-2H3;/q3*-1;+3. The molecule has 0 spiro atoms. The molecule has 0 unspecified atom stereocenters. The van der Waals surface area contributed by atoms with E-state index in [1.807, 2.05) is 0 Å². The Bertz CT molecular complexity index is 187. The molecule has 4 nitrogen and oxygen atoms in total. The second kappa shape index (κ2) is 8.47. The molecule has 0 aromatic heterocycles. The Labute approximate surface area is 113 Å². The van der Waals surface area contributed by atoms with E-state index in [1.54, 1.807) is 0 Å². The van der Waals surface area contributed by atoms with Crippen LogP contribution in [0.25, 0.3) is 0 Å². The molecule has 0 saturated heterocycles. The molecule has 102 valence electrons. The molecule has 0 radical (unpaired) electrons. The zero-order chi connectivity index (χ0) is 13.6. The molecule has 0 heterocycles. The first-order valence-electron chi connectivity index (χ1n) is 6.50. The van der Waals surface area contributed by atoms with Gasteiger partial charge in [0.25, 0.3) is 0 Å². The Kier molecular flexibility index (Phi) is 8.66. The van der Waals surface area contributed by atoms with E-state index in [4.69, 9.17) is 0 Å². The predicted octanol–water partition coefficient (Wildman–Crippen LogP) is 0.757. The minimum absolute atomic E-state index is 0.624. The number of rotatable bonds is 8. The van der Waals surface area contributed by atoms with Gasteiger partial charge < -0.3 is 16.6 Å². The maximum absolute atomic E-state index is 2.68. The quantitative estimate of drug-likeness (QED) is 0.596. The summed E-state index contributed by atoms with van der Waals surface area (Å²) in [6.45, 7) is 6.99. The molecule has 0 saturated carbocycles. The summed E-state index contributed by atoms with van der Waals surface area (Å²) in [5.74, 6) is 0. The highest BCUT2D eigenvalue weighted by atomic mass is 27.2. The van der Waals surface area contributed by atoms with Gasteiger partial charge in [0, 0.05) is 0 Å². The smallest absolute Gasteiger partial charge is 0.362 e. The third-order valence-corrected chi connectivity index (χ3v) is 6.20. The van der Waals surface area contributed by atoms with Crippen molar-refractivity contribution in [2.24, 2.45) is 0 Å². The third-order valence-electron chi connectivity index (χ3n) is 2.91. The summed E-state index contributed by atoms with van der Waals surface area (Å²) in [6.07, 6.45) is 1.25. The van der Waals surface area contributed by atoms with Crippen LogP contribution in [0.4, 0.5) is 0 Å². The van der Waals surface area contributed by atoms with Crippen LogP contribution in [0.1, 0.15) is 20.3 Å². The minimum atomic E-state index is -1.13. The van der Waals surface area contributed by atoms with Crippen LogP contribution in [-0.4, -0.2) is 92.8 Å². The molecule has 0 fully saturated rings. The molecule has 0 aromatic carbocycles. The van der Waals surface area contributed by atoms with Crippen molar-refractivity contribution in [1.82, 2.24) is 16.6 Å². The second-order valence-electron chi connectivity index (χ2n) is 5.76. The molecule has 0 amide bonds. The Morgan fingerprint density at radius 3 is 1.59 bits per heavy atom. The van der Waals surface area contributed by atoms with E-state index >= 15 is 0 Å². The van der Waals surface area contributed by atoms with Gasteiger partial charge in [-0.3, -0.25) is 0 Å². The van der Waals surface area contributed by atoms with Crippen molar-refractivity contribution in [3.05, 3.63) is 0 Å². The first kappa shape index (κ1) is 17.4. The molecule has 0 aromatic rings. The van der Waals surface area contributed by atoms with Crippen molar-refractivity contribution in [2.75, 3.05) is 55.4 Å². The highest BCUT2D eigenvalue weighted by molar-refractivity contribution is 6.49. The lowest BCUT2D eigenvalue weighted by Gasteiger charge is -2.38. The molecular formula is C12H31AlN4. The van der Waals surface area contributed by atoms with E-state index in [1.165, 1.54) is 19.5 Å². The summed E-state index contributed by atoms with van der Waals surface area (Å²) in [4.78, 5) is 2.26. The Balaban J connectivity index is 4.47. The van der Waals surface area contributed by atoms with Crippen LogP contribution < -0.4 is 0 Å². The van der Waals surface area contributed by atoms with E-state index in [0.717, 1.165) is 0 Å². The number of nitrogens with zero attached hydrogens (tertiary/aromatic N) is 4. The summed E-state index contributed by atoms with van der Waals surface area (Å²) >= 11 is -1.13. The molecule has 0 aliphatic rings. The van der Waals surface area contributed by atoms with Gasteiger partial charge >= 0.3 is 14.8 Å². The number of hydrogen-bond acceptors (Lipinski definition) is 4. The lowest BCUT2D eigenvalue weighted by molar-refractivity contribution is 0.275. The van der Waals surface area contributed by atoms with Crippen LogP contribution in [0, 0.1) is 0 Å². The predicted molar refractivity (Wildman–Crippen MR) is 78.1 cm³/mol. The SMILES string of the molecule is CC(C)[N](CCCN(C)C)[Al]([N](C)C)[N](C)C. The maximum atomic E-state index is 2.68. The monoisotopic (exact) mass is 258 g/mol. The van der Waals surface area contributed by atoms with Crippen LogP contribution >= 0.6 is 0 Å². The minimum Gasteiger partial charge on any atom is -0.362 e. The van der Waals surface area contributed by atoms with Crippen LogP contribution in [0.2, 0.25) is 0 Å². The average molecular weight is 258 g/mol. The van der Waals surface area contributed by atoms with E-state index in [-0.39, 0.29) is 0 Å². The largest absolute Gasteiger partial charge is 0.608 e. The molecule has 0 bridgehead atoms. The Morgan fingerprint density at radius 1 is 0.824 bits per heavy atom. The van der Waals surface area contributed by atoms with Crippen LogP contribution in [0.15, 0.2) is 0 Å². The molecule has 0 N–H and O–H groups in total. The first-order valence-corrected chi connectivity index (χ1v) is 8.05. The van der Waals surface area contributed by atoms with Gasteiger partial charge in [0.15, 0.2) is 0 Å². The first-order chi connectivity index (χ1) is 7.77. The van der Waals surface area contributed by atoms with E-state index in [9.17, 15) is 0 Å². The fourth-order valence-electron chi connectivity index (χ4n) is 2.26. The van der Waals surface area contributed by atoms with E-state index in [0.29, 0.717) is 6.04 Å². The molecular weight excluding hydrogens is 227 g/mol. The lowest BCUT2D eigenvalue weighted by Crippen LogP contribution is -2.60. The highest BCUT2D eigenvalue weighted by Crippen LogP contribution is 2.07. The molecule has 0 rings (SSSR count). The van der Waals surface area contributed by atoms with Crippen molar-refractivity contribution in [3.63, 3.8) is 0 Å². The summed E-state index contributed by atoms with van der Waals surface area (Å²) < 4.78 is 7.51. The van der Waals surface area contributed by atoms with Crippen molar-refractivity contribution in [2.45, 2.75) is 26.3 Å². The van der Waals surface area contributed by atoms with Crippen molar-refractivity contribution >= 4 is 14.8 Å². The molecule has 0 atom stereocenters. The zero-order valence-corrected chi connectivity index (χ0v) is 14.2. The Hall–Kier alpha value is 0.372. The van der Waals surface area contributed by atoms with E-state index in [2.05, 4.69) is 72.7 Å². The van der Waals surface area contributed by atoms with Crippen molar-refractivity contribution in [1.29, 1.82) is 0 Å². The van der Waals surface area contributed by atoms with Gasteiger partial charge in [-0.1, -0.05) is 13.8 Å². The van der Waals surface area contributed by atoms with Gasteiger partial charge in [0.1, 0.15) is 0 Å². The molecule has 0 aliphatic heterocycles. The van der Waals surface area contributed by atoms with Gasteiger partial charge in [0.05, 0.1) is 0 Å². The summed E-state index contributed by atoms with van der Waals surface area (Å²) in [5.41, 5.74) is 0. The normalized spacial score (nSPS) is 12.5. The zero-order valence-electron chi connectivity index (χ0n) is 13.1. The topological polar surface area (TPSA) is 13.0 Å². The van der Waals surface area contributed by atoms with Crippen LogP contribution in [0.3, 0.4) is 0 Å². The highest BCUT2D eigenvalue weighted by Gasteiger charge is 2.35. The van der Waals surface area contributed by atoms with Crippen molar-refractivity contribution in [3.8, 4) is 0 Å². The maximum Gasteiger partial charge on any atom is 0.608 e. The fraction of sp³-hybridized carbons (Fsp3) is 1.00. The summed E-state index contributed by atoms with van der Waals surface area (Å²) in [6, 6.07) is 0.624. The molecule has 0 aliphatic carbocycles. The van der Waals surface area contributed by atoms with Crippen LogP contribution in [0.5, 0.6) is 0 Å². The molecule has 5 heteroatoms. The lowest BCUT2D eigenvalue weighted by atomic mass is 10.3. The summed E-state index contributed by atoms with van der Waals surface area (Å²) in [5, 5.41) is 0. The van der Waals surface area contributed by atoms with Crippen LogP contribution in [-0.2, 0) is 0 Å². The summed E-state index contributed by atoms with van der Waals surface area (Å²) in [7, 11) is 13.1. The van der Waals surface area contributed by atoms with Gasteiger partial charge in [-0.15, -0.1) is 0 Å². The van der Waals surface area contributed by atoms with E-state index < -0.39 is 14.8 Å². The average Bonchev–Trinajstić information content (AvgIpc) is 2.13. The third kappa shape index (κ3) is 6.76. The van der Waals surface area contributed by atoms with Crippen molar-refractivity contribution < 1.29 is 0 Å².